The quantitative estimate of drug-likeness (QED) is 0.166. The first-order chi connectivity index (χ1) is 27.3. The molecule has 0 atom stereocenters. The zero-order chi connectivity index (χ0) is 36.6. The number of hydrogen-bond acceptors (Lipinski definition) is 3. The van der Waals surface area contributed by atoms with Crippen molar-refractivity contribution in [3.8, 4) is 73.2 Å². The molecule has 0 aliphatic heterocycles. The van der Waals surface area contributed by atoms with Crippen molar-refractivity contribution in [1.82, 2.24) is 19.5 Å². The van der Waals surface area contributed by atoms with Crippen LogP contribution in [0.3, 0.4) is 0 Å². The molecule has 0 bridgehead atoms. The maximum atomic E-state index is 5.15. The Hall–Kier alpha value is -7.43. The second kappa shape index (κ2) is 13.8. The van der Waals surface area contributed by atoms with Gasteiger partial charge in [-0.2, -0.15) is 0 Å². The molecule has 0 radical (unpaired) electrons. The second-order valence-corrected chi connectivity index (χ2v) is 13.7. The van der Waals surface area contributed by atoms with Gasteiger partial charge in [0.25, 0.3) is 0 Å². The third-order valence-electron chi connectivity index (χ3n) is 10.2. The maximum Gasteiger partial charge on any atom is 0.164 e. The molecule has 0 N–H and O–H groups in total. The molecule has 0 spiro atoms. The van der Waals surface area contributed by atoms with Crippen LogP contribution in [0.1, 0.15) is 0 Å². The van der Waals surface area contributed by atoms with Gasteiger partial charge < -0.3 is 4.57 Å². The lowest BCUT2D eigenvalue weighted by Crippen LogP contribution is -2.00. The largest absolute Gasteiger partial charge is 0.309 e. The van der Waals surface area contributed by atoms with Gasteiger partial charge in [-0.05, 0) is 63.7 Å². The van der Waals surface area contributed by atoms with E-state index >= 15 is 0 Å². The van der Waals surface area contributed by atoms with Crippen LogP contribution in [0, 0.1) is 0 Å². The molecule has 10 rings (SSSR count). The highest BCUT2D eigenvalue weighted by molar-refractivity contribution is 6.17. The number of fused-ring (bicyclic) bond motifs is 3. The van der Waals surface area contributed by atoms with Crippen molar-refractivity contribution in [2.24, 2.45) is 0 Å². The summed E-state index contributed by atoms with van der Waals surface area (Å²) in [5, 5.41) is 2.37. The normalized spacial score (nSPS) is 11.3. The van der Waals surface area contributed by atoms with Gasteiger partial charge in [0, 0.05) is 33.2 Å². The van der Waals surface area contributed by atoms with Gasteiger partial charge in [0.05, 0.1) is 11.0 Å². The summed E-state index contributed by atoms with van der Waals surface area (Å²) >= 11 is 0. The number of nitrogens with zero attached hydrogens (tertiary/aromatic N) is 4. The molecule has 0 aliphatic carbocycles. The van der Waals surface area contributed by atoms with E-state index in [1.807, 2.05) is 36.4 Å². The monoisotopic (exact) mass is 702 g/mol. The topological polar surface area (TPSA) is 43.6 Å². The van der Waals surface area contributed by atoms with Crippen molar-refractivity contribution in [2.45, 2.75) is 0 Å². The molecule has 4 nitrogen and oxygen atoms in total. The van der Waals surface area contributed by atoms with Gasteiger partial charge >= 0.3 is 0 Å². The van der Waals surface area contributed by atoms with Gasteiger partial charge in [0.2, 0.25) is 0 Å². The van der Waals surface area contributed by atoms with E-state index in [1.54, 1.807) is 0 Å². The average Bonchev–Trinajstić information content (AvgIpc) is 3.61. The fourth-order valence-electron chi connectivity index (χ4n) is 7.57. The number of para-hydroxylation sites is 1. The van der Waals surface area contributed by atoms with Crippen molar-refractivity contribution < 1.29 is 0 Å². The Morgan fingerprint density at radius 3 is 1.27 bits per heavy atom. The van der Waals surface area contributed by atoms with E-state index in [0.717, 1.165) is 44.4 Å². The summed E-state index contributed by atoms with van der Waals surface area (Å²) in [4.78, 5) is 15.3. The lowest BCUT2D eigenvalue weighted by molar-refractivity contribution is 1.07. The van der Waals surface area contributed by atoms with E-state index < -0.39 is 0 Å². The molecule has 0 aliphatic rings. The Labute approximate surface area is 319 Å². The van der Waals surface area contributed by atoms with E-state index in [-0.39, 0.29) is 0 Å². The average molecular weight is 703 g/mol. The first kappa shape index (κ1) is 32.2. The molecule has 55 heavy (non-hydrogen) atoms. The van der Waals surface area contributed by atoms with Gasteiger partial charge in [-0.1, -0.05) is 176 Å². The Morgan fingerprint density at radius 2 is 0.691 bits per heavy atom. The van der Waals surface area contributed by atoms with Crippen LogP contribution in [0.4, 0.5) is 0 Å². The third-order valence-corrected chi connectivity index (χ3v) is 10.2. The van der Waals surface area contributed by atoms with Crippen LogP contribution in [0.15, 0.2) is 206 Å². The van der Waals surface area contributed by atoms with E-state index in [1.165, 1.54) is 33.2 Å². The summed E-state index contributed by atoms with van der Waals surface area (Å²) in [5.41, 5.74) is 13.1. The first-order valence-electron chi connectivity index (χ1n) is 18.5. The van der Waals surface area contributed by atoms with Crippen LogP contribution >= 0.6 is 0 Å². The van der Waals surface area contributed by atoms with Gasteiger partial charge in [-0.25, -0.2) is 15.0 Å². The summed E-state index contributed by atoms with van der Waals surface area (Å²) in [5.74, 6) is 1.89. The minimum atomic E-state index is 0.621. The number of benzene rings is 8. The minimum Gasteiger partial charge on any atom is -0.309 e. The Bertz CT molecular complexity index is 2920. The highest BCUT2D eigenvalue weighted by atomic mass is 15.0. The van der Waals surface area contributed by atoms with Crippen molar-refractivity contribution in [3.63, 3.8) is 0 Å². The first-order valence-corrected chi connectivity index (χ1v) is 18.5. The van der Waals surface area contributed by atoms with Crippen molar-refractivity contribution in [3.05, 3.63) is 206 Å². The SMILES string of the molecule is c1ccc(-c2ccc(-c3nc(-c4ccccc4)nc(-c4ccc5c6c(-c7ccccc7)cc(-c7ccccc7)cc6n(-c6ccccc6)c5c4)n3)cc2)cc1. The van der Waals surface area contributed by atoms with Crippen molar-refractivity contribution >= 4 is 21.8 Å². The number of aromatic nitrogens is 4. The highest BCUT2D eigenvalue weighted by Gasteiger charge is 2.20. The van der Waals surface area contributed by atoms with E-state index in [4.69, 9.17) is 15.0 Å². The Kier molecular flexibility index (Phi) is 8.12. The highest BCUT2D eigenvalue weighted by Crippen LogP contribution is 2.42. The minimum absolute atomic E-state index is 0.621. The summed E-state index contributed by atoms with van der Waals surface area (Å²) < 4.78 is 2.38. The molecular weight excluding hydrogens is 669 g/mol. The maximum absolute atomic E-state index is 5.15. The smallest absolute Gasteiger partial charge is 0.164 e. The molecular formula is C51H34N4. The summed E-state index contributed by atoms with van der Waals surface area (Å²) in [6.45, 7) is 0. The molecule has 2 heterocycles. The molecule has 0 fully saturated rings. The summed E-state index contributed by atoms with van der Waals surface area (Å²) in [6.07, 6.45) is 0. The zero-order valence-corrected chi connectivity index (χ0v) is 29.9. The number of hydrogen-bond donors (Lipinski definition) is 0. The molecule has 0 saturated carbocycles. The molecule has 4 heteroatoms. The lowest BCUT2D eigenvalue weighted by Gasteiger charge is -2.12. The molecule has 0 saturated heterocycles. The molecule has 0 unspecified atom stereocenters. The molecule has 0 amide bonds. The Balaban J connectivity index is 1.21. The molecule has 8 aromatic carbocycles. The molecule has 10 aromatic rings. The predicted octanol–water partition coefficient (Wildman–Crippen LogP) is 13.0. The van der Waals surface area contributed by atoms with E-state index in [2.05, 4.69) is 174 Å². The summed E-state index contributed by atoms with van der Waals surface area (Å²) in [6, 6.07) is 72.3. The third kappa shape index (κ3) is 6.06. The van der Waals surface area contributed by atoms with Crippen LogP contribution in [0.2, 0.25) is 0 Å². The van der Waals surface area contributed by atoms with Gasteiger partial charge in [0.1, 0.15) is 0 Å². The second-order valence-electron chi connectivity index (χ2n) is 13.7. The predicted molar refractivity (Wildman–Crippen MR) is 227 cm³/mol. The van der Waals surface area contributed by atoms with Gasteiger partial charge in [0.15, 0.2) is 17.5 Å². The summed E-state index contributed by atoms with van der Waals surface area (Å²) in [7, 11) is 0. The fraction of sp³-hybridized carbons (Fsp3) is 0. The van der Waals surface area contributed by atoms with Gasteiger partial charge in [-0.15, -0.1) is 0 Å². The fourth-order valence-corrected chi connectivity index (χ4v) is 7.57. The molecule has 2 aromatic heterocycles. The van der Waals surface area contributed by atoms with E-state index in [0.29, 0.717) is 17.5 Å². The van der Waals surface area contributed by atoms with Crippen molar-refractivity contribution in [2.75, 3.05) is 0 Å². The van der Waals surface area contributed by atoms with Crippen LogP contribution in [0.25, 0.3) is 95.0 Å². The van der Waals surface area contributed by atoms with Crippen molar-refractivity contribution in [1.29, 1.82) is 0 Å². The molecule has 258 valence electrons. The van der Waals surface area contributed by atoms with Crippen LogP contribution in [-0.4, -0.2) is 19.5 Å². The zero-order valence-electron chi connectivity index (χ0n) is 29.9. The van der Waals surface area contributed by atoms with Crippen LogP contribution in [0.5, 0.6) is 0 Å². The Morgan fingerprint density at radius 1 is 0.291 bits per heavy atom. The van der Waals surface area contributed by atoms with Crippen LogP contribution in [-0.2, 0) is 0 Å². The standard InChI is InChI=1S/C51H34N4/c1-6-16-35(17-7-1)37-26-28-40(29-27-37)50-52-49(39-22-12-4-13-23-39)53-51(54-50)41-30-31-44-46(33-41)55(43-24-14-5-15-25-43)47-34-42(36-18-8-2-9-19-36)32-45(48(44)47)38-20-10-3-11-21-38/h1-34H. The lowest BCUT2D eigenvalue weighted by atomic mass is 9.94. The van der Waals surface area contributed by atoms with Crippen LogP contribution < -0.4 is 0 Å². The number of rotatable bonds is 7. The van der Waals surface area contributed by atoms with E-state index in [9.17, 15) is 0 Å². The van der Waals surface area contributed by atoms with Gasteiger partial charge in [-0.3, -0.25) is 0 Å².